The summed E-state index contributed by atoms with van der Waals surface area (Å²) in [6.07, 6.45) is 9.98. The summed E-state index contributed by atoms with van der Waals surface area (Å²) in [5, 5.41) is 14.8. The Hall–Kier alpha value is -7.47. The number of hydrogen-bond acceptors (Lipinski definition) is 2. The van der Waals surface area contributed by atoms with Crippen LogP contribution < -0.4 is 4.90 Å². The number of rotatable bonds is 10. The van der Waals surface area contributed by atoms with Crippen molar-refractivity contribution in [1.29, 1.82) is 5.26 Å². The third kappa shape index (κ3) is 6.98. The predicted octanol–water partition coefficient (Wildman–Crippen LogP) is 14.9. The van der Waals surface area contributed by atoms with Gasteiger partial charge in [0.05, 0.1) is 11.6 Å². The van der Waals surface area contributed by atoms with E-state index in [9.17, 15) is 5.26 Å². The SMILES string of the molecule is C=C\C=C/C(=C\C)C(=C\c1ccc(-c2c3ccccc3c(-c3ccc(N(c4ccccc4)c4ccccc4)cc3)c3ccccc23)cc1)/c1ccccc1C#N. The average molecular weight is 717 g/mol. The van der Waals surface area contributed by atoms with Gasteiger partial charge in [-0.1, -0.05) is 170 Å². The van der Waals surface area contributed by atoms with Crippen molar-refractivity contribution in [3.63, 3.8) is 0 Å². The van der Waals surface area contributed by atoms with Gasteiger partial charge in [0.2, 0.25) is 0 Å². The van der Waals surface area contributed by atoms with Crippen LogP contribution in [0, 0.1) is 11.3 Å². The van der Waals surface area contributed by atoms with Gasteiger partial charge in [-0.15, -0.1) is 0 Å². The molecule has 0 aliphatic carbocycles. The van der Waals surface area contributed by atoms with E-state index in [1.165, 1.54) is 38.2 Å². The Morgan fingerprint density at radius 3 is 1.46 bits per heavy atom. The summed E-state index contributed by atoms with van der Waals surface area (Å²) in [5.74, 6) is 0. The van der Waals surface area contributed by atoms with Crippen LogP contribution in [0.1, 0.15) is 23.6 Å². The number of benzene rings is 8. The minimum atomic E-state index is 0.638. The Bertz CT molecular complexity index is 2700. The number of allylic oxidation sites excluding steroid dienone is 6. The first-order valence-corrected chi connectivity index (χ1v) is 18.9. The zero-order chi connectivity index (χ0) is 38.3. The van der Waals surface area contributed by atoms with Gasteiger partial charge in [-0.3, -0.25) is 0 Å². The normalized spacial score (nSPS) is 11.9. The molecule has 0 aromatic heterocycles. The fourth-order valence-electron chi connectivity index (χ4n) is 7.69. The van der Waals surface area contributed by atoms with Gasteiger partial charge in [0.1, 0.15) is 0 Å². The van der Waals surface area contributed by atoms with Crippen LogP contribution in [0.15, 0.2) is 218 Å². The second kappa shape index (κ2) is 16.3. The van der Waals surface area contributed by atoms with E-state index in [1.807, 2.05) is 43.3 Å². The molecule has 0 amide bonds. The second-order valence-corrected chi connectivity index (χ2v) is 13.6. The zero-order valence-electron chi connectivity index (χ0n) is 31.3. The van der Waals surface area contributed by atoms with Gasteiger partial charge in [-0.25, -0.2) is 0 Å². The second-order valence-electron chi connectivity index (χ2n) is 13.6. The van der Waals surface area contributed by atoms with Crippen molar-refractivity contribution in [3.8, 4) is 28.3 Å². The highest BCUT2D eigenvalue weighted by atomic mass is 15.1. The van der Waals surface area contributed by atoms with E-state index >= 15 is 0 Å². The Labute approximate surface area is 329 Å². The van der Waals surface area contributed by atoms with Crippen LogP contribution in [0.3, 0.4) is 0 Å². The lowest BCUT2D eigenvalue weighted by Gasteiger charge is -2.25. The molecule has 0 aliphatic rings. The van der Waals surface area contributed by atoms with E-state index in [-0.39, 0.29) is 0 Å². The summed E-state index contributed by atoms with van der Waals surface area (Å²) in [4.78, 5) is 2.30. The quantitative estimate of drug-likeness (QED) is 0.0800. The van der Waals surface area contributed by atoms with Crippen LogP contribution in [-0.2, 0) is 0 Å². The minimum absolute atomic E-state index is 0.638. The van der Waals surface area contributed by atoms with E-state index in [1.54, 1.807) is 6.08 Å². The summed E-state index contributed by atoms with van der Waals surface area (Å²) in [6, 6.07) is 66.5. The van der Waals surface area contributed by atoms with Crippen molar-refractivity contribution >= 4 is 50.3 Å². The smallest absolute Gasteiger partial charge is 0.0998 e. The maximum absolute atomic E-state index is 9.98. The Balaban J connectivity index is 1.24. The molecule has 0 unspecified atom stereocenters. The first-order chi connectivity index (χ1) is 27.7. The highest BCUT2D eigenvalue weighted by Crippen LogP contribution is 2.44. The molecule has 0 aliphatic heterocycles. The van der Waals surface area contributed by atoms with E-state index in [2.05, 4.69) is 187 Å². The lowest BCUT2D eigenvalue weighted by atomic mass is 9.85. The molecule has 8 rings (SSSR count). The molecule has 0 saturated carbocycles. The number of hydrogen-bond donors (Lipinski definition) is 0. The predicted molar refractivity (Wildman–Crippen MR) is 239 cm³/mol. The van der Waals surface area contributed by atoms with Crippen LogP contribution in [0.4, 0.5) is 17.1 Å². The fraction of sp³-hybridized carbons (Fsp3) is 0.0185. The van der Waals surface area contributed by atoms with E-state index in [0.29, 0.717) is 5.56 Å². The van der Waals surface area contributed by atoms with Crippen molar-refractivity contribution in [2.75, 3.05) is 4.90 Å². The molecule has 0 saturated heterocycles. The molecule has 266 valence electrons. The van der Waals surface area contributed by atoms with Gasteiger partial charge in [0.15, 0.2) is 0 Å². The maximum atomic E-state index is 9.98. The molecule has 2 nitrogen and oxygen atoms in total. The average Bonchev–Trinajstić information content (AvgIpc) is 3.27. The number of para-hydroxylation sites is 2. The Morgan fingerprint density at radius 1 is 0.536 bits per heavy atom. The molecule has 0 spiro atoms. The summed E-state index contributed by atoms with van der Waals surface area (Å²) >= 11 is 0. The largest absolute Gasteiger partial charge is 0.311 e. The summed E-state index contributed by atoms with van der Waals surface area (Å²) < 4.78 is 0. The fourth-order valence-corrected chi connectivity index (χ4v) is 7.69. The molecule has 0 bridgehead atoms. The van der Waals surface area contributed by atoms with Crippen LogP contribution in [0.2, 0.25) is 0 Å². The van der Waals surface area contributed by atoms with Gasteiger partial charge in [0, 0.05) is 22.6 Å². The van der Waals surface area contributed by atoms with Crippen molar-refractivity contribution in [1.82, 2.24) is 0 Å². The third-order valence-corrected chi connectivity index (χ3v) is 10.3. The van der Waals surface area contributed by atoms with Crippen molar-refractivity contribution in [2.24, 2.45) is 0 Å². The lowest BCUT2D eigenvalue weighted by Crippen LogP contribution is -2.09. The van der Waals surface area contributed by atoms with E-state index in [4.69, 9.17) is 0 Å². The monoisotopic (exact) mass is 716 g/mol. The molecular weight excluding hydrogens is 677 g/mol. The van der Waals surface area contributed by atoms with Crippen LogP contribution in [0.25, 0.3) is 55.4 Å². The molecule has 56 heavy (non-hydrogen) atoms. The molecule has 8 aromatic carbocycles. The van der Waals surface area contributed by atoms with Crippen molar-refractivity contribution in [2.45, 2.75) is 6.92 Å². The molecule has 0 radical (unpaired) electrons. The summed E-state index contributed by atoms with van der Waals surface area (Å²) in [7, 11) is 0. The number of anilines is 3. The van der Waals surface area contributed by atoms with Gasteiger partial charge in [-0.05, 0) is 116 Å². The molecule has 0 atom stereocenters. The topological polar surface area (TPSA) is 27.0 Å². The standard InChI is InChI=1S/C54H40N2/c1-3-5-18-40(4-2)52(47-24-13-12-19-43(47)38-55)37-39-29-31-41(32-30-39)53-48-25-14-16-27-50(48)54(51-28-17-15-26-49(51)53)42-33-35-46(36-34-42)56(44-20-8-6-9-21-44)45-22-10-7-11-23-45/h3-37H,1H2,2H3/b18-5-,40-4+,52-37+. The lowest BCUT2D eigenvalue weighted by molar-refractivity contribution is 1.28. The Morgan fingerprint density at radius 2 is 0.982 bits per heavy atom. The molecular formula is C54H40N2. The van der Waals surface area contributed by atoms with Gasteiger partial charge in [-0.2, -0.15) is 5.26 Å². The van der Waals surface area contributed by atoms with Crippen molar-refractivity contribution in [3.05, 3.63) is 235 Å². The van der Waals surface area contributed by atoms with E-state index < -0.39 is 0 Å². The highest BCUT2D eigenvalue weighted by Gasteiger charge is 2.18. The van der Waals surface area contributed by atoms with E-state index in [0.717, 1.165) is 44.9 Å². The number of fused-ring (bicyclic) bond motifs is 2. The van der Waals surface area contributed by atoms with Gasteiger partial charge in [0.25, 0.3) is 0 Å². The van der Waals surface area contributed by atoms with Crippen molar-refractivity contribution < 1.29 is 0 Å². The zero-order valence-corrected chi connectivity index (χ0v) is 31.3. The molecule has 0 heterocycles. The molecule has 0 fully saturated rings. The van der Waals surface area contributed by atoms with Gasteiger partial charge >= 0.3 is 0 Å². The first-order valence-electron chi connectivity index (χ1n) is 18.9. The van der Waals surface area contributed by atoms with Gasteiger partial charge < -0.3 is 4.90 Å². The first kappa shape index (κ1) is 35.6. The number of nitrogens with zero attached hydrogens (tertiary/aromatic N) is 2. The summed E-state index contributed by atoms with van der Waals surface area (Å²) in [6.45, 7) is 5.88. The number of nitriles is 1. The molecule has 0 N–H and O–H groups in total. The molecule has 8 aromatic rings. The third-order valence-electron chi connectivity index (χ3n) is 10.3. The summed E-state index contributed by atoms with van der Waals surface area (Å²) in [5.41, 5.74) is 12.7. The maximum Gasteiger partial charge on any atom is 0.0998 e. The Kier molecular flexibility index (Phi) is 10.3. The van der Waals surface area contributed by atoms with Crippen LogP contribution in [0.5, 0.6) is 0 Å². The highest BCUT2D eigenvalue weighted by molar-refractivity contribution is 6.21. The minimum Gasteiger partial charge on any atom is -0.311 e. The molecule has 2 heteroatoms. The van der Waals surface area contributed by atoms with Crippen LogP contribution >= 0.6 is 0 Å². The van der Waals surface area contributed by atoms with Crippen LogP contribution in [-0.4, -0.2) is 0 Å².